The van der Waals surface area contributed by atoms with E-state index < -0.39 is 5.97 Å². The van der Waals surface area contributed by atoms with Crippen LogP contribution in [-0.2, 0) is 4.79 Å². The number of carbonyl (C=O) groups excluding carboxylic acids is 1. The molecule has 2 N–H and O–H groups in total. The molecule has 1 amide bonds. The van der Waals surface area contributed by atoms with Crippen LogP contribution in [0.4, 0.5) is 5.69 Å². The Bertz CT molecular complexity index is 476. The van der Waals surface area contributed by atoms with Crippen LogP contribution in [0.2, 0.25) is 0 Å². The Kier molecular flexibility index (Phi) is 3.77. The molecule has 0 aromatic heterocycles. The summed E-state index contributed by atoms with van der Waals surface area (Å²) in [7, 11) is 0. The van der Waals surface area contributed by atoms with Crippen LogP contribution in [0.1, 0.15) is 29.6 Å². The molecule has 0 radical (unpaired) electrons. The lowest BCUT2D eigenvalue weighted by molar-refractivity contribution is -0.120. The largest absolute Gasteiger partial charge is 0.478 e. The van der Waals surface area contributed by atoms with Crippen LogP contribution in [0.5, 0.6) is 0 Å². The highest BCUT2D eigenvalue weighted by Crippen LogP contribution is 2.20. The first kappa shape index (κ1) is 12.4. The second-order valence-electron chi connectivity index (χ2n) is 4.35. The first-order valence-corrected chi connectivity index (χ1v) is 5.96. The summed E-state index contributed by atoms with van der Waals surface area (Å²) in [4.78, 5) is 22.6. The third kappa shape index (κ3) is 2.97. The predicted octanol–water partition coefficient (Wildman–Crippen LogP) is 2.68. The van der Waals surface area contributed by atoms with Gasteiger partial charge in [0.2, 0.25) is 5.91 Å². The lowest BCUT2D eigenvalue weighted by Crippen LogP contribution is -2.23. The maximum absolute atomic E-state index is 11.9. The van der Waals surface area contributed by atoms with E-state index in [9.17, 15) is 9.59 Å². The molecule has 0 unspecified atom stereocenters. The number of nitrogens with one attached hydrogen (secondary N) is 1. The molecule has 0 spiro atoms. The van der Waals surface area contributed by atoms with Crippen molar-refractivity contribution in [3.05, 3.63) is 42.0 Å². The van der Waals surface area contributed by atoms with Crippen molar-refractivity contribution in [1.82, 2.24) is 0 Å². The van der Waals surface area contributed by atoms with Crippen molar-refractivity contribution in [2.75, 3.05) is 5.32 Å². The van der Waals surface area contributed by atoms with Gasteiger partial charge in [-0.25, -0.2) is 4.79 Å². The molecule has 0 aliphatic heterocycles. The molecular weight excluding hydrogens is 230 g/mol. The van der Waals surface area contributed by atoms with Crippen LogP contribution >= 0.6 is 0 Å². The topological polar surface area (TPSA) is 66.4 Å². The zero-order valence-corrected chi connectivity index (χ0v) is 9.93. The van der Waals surface area contributed by atoms with E-state index in [1.165, 1.54) is 12.1 Å². The summed E-state index contributed by atoms with van der Waals surface area (Å²) in [5.74, 6) is -0.943. The van der Waals surface area contributed by atoms with Crippen molar-refractivity contribution < 1.29 is 14.7 Å². The zero-order valence-electron chi connectivity index (χ0n) is 9.93. The lowest BCUT2D eigenvalue weighted by Gasteiger charge is -2.17. The summed E-state index contributed by atoms with van der Waals surface area (Å²) in [5.41, 5.74) is 0.855. The summed E-state index contributed by atoms with van der Waals surface area (Å²) in [6.07, 6.45) is 6.71. The number of rotatable bonds is 3. The molecule has 0 bridgehead atoms. The van der Waals surface area contributed by atoms with Gasteiger partial charge in [0.1, 0.15) is 0 Å². The van der Waals surface area contributed by atoms with Crippen LogP contribution in [0, 0.1) is 5.92 Å². The minimum absolute atomic E-state index is 0.00225. The number of allylic oxidation sites excluding steroid dienone is 2. The maximum atomic E-state index is 11.9. The highest BCUT2D eigenvalue weighted by molar-refractivity contribution is 5.93. The highest BCUT2D eigenvalue weighted by atomic mass is 16.4. The first-order valence-electron chi connectivity index (χ1n) is 5.96. The first-order chi connectivity index (χ1) is 8.66. The Balaban J connectivity index is 1.98. The quantitative estimate of drug-likeness (QED) is 0.804. The van der Waals surface area contributed by atoms with E-state index in [1.54, 1.807) is 12.1 Å². The van der Waals surface area contributed by atoms with Gasteiger partial charge in [0, 0.05) is 11.6 Å². The van der Waals surface area contributed by atoms with E-state index in [2.05, 4.69) is 11.4 Å². The summed E-state index contributed by atoms with van der Waals surface area (Å²) >= 11 is 0. The molecule has 18 heavy (non-hydrogen) atoms. The van der Waals surface area contributed by atoms with Crippen LogP contribution in [0.25, 0.3) is 0 Å². The normalized spacial score (nSPS) is 18.3. The average molecular weight is 245 g/mol. The van der Waals surface area contributed by atoms with E-state index in [4.69, 9.17) is 5.11 Å². The third-order valence-corrected chi connectivity index (χ3v) is 3.04. The monoisotopic (exact) mass is 245 g/mol. The molecule has 1 aliphatic carbocycles. The standard InChI is InChI=1S/C14H15NO3/c16-13(10-4-2-1-3-5-10)15-12-8-6-11(7-9-12)14(17)18/h1-2,6-10H,3-5H2,(H,15,16)(H,17,18)/t10-/m0/s1. The number of hydrogen-bond donors (Lipinski definition) is 2. The van der Waals surface area contributed by atoms with Crippen molar-refractivity contribution >= 4 is 17.6 Å². The fourth-order valence-electron chi connectivity index (χ4n) is 1.97. The van der Waals surface area contributed by atoms with E-state index in [-0.39, 0.29) is 17.4 Å². The van der Waals surface area contributed by atoms with Crippen LogP contribution < -0.4 is 5.32 Å². The average Bonchev–Trinajstić information content (AvgIpc) is 2.40. The number of aromatic carboxylic acids is 1. The van der Waals surface area contributed by atoms with E-state index in [0.29, 0.717) is 5.69 Å². The molecule has 1 aromatic carbocycles. The van der Waals surface area contributed by atoms with Gasteiger partial charge in [-0.3, -0.25) is 4.79 Å². The summed E-state index contributed by atoms with van der Waals surface area (Å²) in [6, 6.07) is 6.19. The molecule has 1 aliphatic rings. The van der Waals surface area contributed by atoms with Crippen molar-refractivity contribution in [3.63, 3.8) is 0 Å². The van der Waals surface area contributed by atoms with Crippen LogP contribution in [0.3, 0.4) is 0 Å². The Morgan fingerprint density at radius 1 is 1.17 bits per heavy atom. The van der Waals surface area contributed by atoms with Gasteiger partial charge in [0.25, 0.3) is 0 Å². The summed E-state index contributed by atoms with van der Waals surface area (Å²) in [5, 5.41) is 11.6. The van der Waals surface area contributed by atoms with Gasteiger partial charge < -0.3 is 10.4 Å². The fraction of sp³-hybridized carbons (Fsp3) is 0.286. The maximum Gasteiger partial charge on any atom is 0.335 e. The molecule has 4 heteroatoms. The van der Waals surface area contributed by atoms with Crippen molar-refractivity contribution in [2.24, 2.45) is 5.92 Å². The van der Waals surface area contributed by atoms with E-state index in [1.807, 2.05) is 6.08 Å². The van der Waals surface area contributed by atoms with Gasteiger partial charge >= 0.3 is 5.97 Å². The number of hydrogen-bond acceptors (Lipinski definition) is 2. The van der Waals surface area contributed by atoms with E-state index in [0.717, 1.165) is 19.3 Å². The fourth-order valence-corrected chi connectivity index (χ4v) is 1.97. The molecule has 1 aromatic rings. The number of amides is 1. The van der Waals surface area contributed by atoms with Gasteiger partial charge in [-0.15, -0.1) is 0 Å². The summed E-state index contributed by atoms with van der Waals surface area (Å²) in [6.45, 7) is 0. The predicted molar refractivity (Wildman–Crippen MR) is 68.5 cm³/mol. The van der Waals surface area contributed by atoms with Gasteiger partial charge in [-0.1, -0.05) is 12.2 Å². The molecule has 1 atom stereocenters. The molecule has 2 rings (SSSR count). The number of carboxylic acids is 1. The zero-order chi connectivity index (χ0) is 13.0. The minimum atomic E-state index is -0.967. The highest BCUT2D eigenvalue weighted by Gasteiger charge is 2.18. The Labute approximate surface area is 105 Å². The second-order valence-corrected chi connectivity index (χ2v) is 4.35. The third-order valence-electron chi connectivity index (χ3n) is 3.04. The van der Waals surface area contributed by atoms with E-state index >= 15 is 0 Å². The van der Waals surface area contributed by atoms with Crippen molar-refractivity contribution in [3.8, 4) is 0 Å². The SMILES string of the molecule is O=C(O)c1ccc(NC(=O)[C@H]2CC=CCC2)cc1. The second kappa shape index (κ2) is 5.49. The Morgan fingerprint density at radius 3 is 2.44 bits per heavy atom. The Hall–Kier alpha value is -2.10. The molecule has 0 fully saturated rings. The molecule has 0 saturated heterocycles. The Morgan fingerprint density at radius 2 is 1.89 bits per heavy atom. The molecule has 4 nitrogen and oxygen atoms in total. The smallest absolute Gasteiger partial charge is 0.335 e. The van der Waals surface area contributed by atoms with Gasteiger partial charge in [0.05, 0.1) is 5.56 Å². The number of carboxylic acid groups (broad SMARTS) is 1. The minimum Gasteiger partial charge on any atom is -0.478 e. The summed E-state index contributed by atoms with van der Waals surface area (Å²) < 4.78 is 0. The van der Waals surface area contributed by atoms with Gasteiger partial charge in [-0.2, -0.15) is 0 Å². The molecule has 0 heterocycles. The molecular formula is C14H15NO3. The number of benzene rings is 1. The molecule has 0 saturated carbocycles. The lowest BCUT2D eigenvalue weighted by atomic mass is 9.93. The van der Waals surface area contributed by atoms with Gasteiger partial charge in [-0.05, 0) is 43.5 Å². The van der Waals surface area contributed by atoms with Crippen LogP contribution in [-0.4, -0.2) is 17.0 Å². The van der Waals surface area contributed by atoms with Crippen molar-refractivity contribution in [2.45, 2.75) is 19.3 Å². The van der Waals surface area contributed by atoms with Gasteiger partial charge in [0.15, 0.2) is 0 Å². The molecule has 94 valence electrons. The van der Waals surface area contributed by atoms with Crippen LogP contribution in [0.15, 0.2) is 36.4 Å². The number of anilines is 1. The number of carbonyl (C=O) groups is 2. The van der Waals surface area contributed by atoms with Crippen molar-refractivity contribution in [1.29, 1.82) is 0 Å².